The Morgan fingerprint density at radius 1 is 1.19 bits per heavy atom. The Hall–Kier alpha value is -1.98. The maximum atomic E-state index is 12.7. The van der Waals surface area contributed by atoms with E-state index in [1.165, 1.54) is 30.6 Å². The first-order chi connectivity index (χ1) is 7.48. The number of nitrogen functional groups attached to an aromatic ring is 1. The summed E-state index contributed by atoms with van der Waals surface area (Å²) in [5, 5.41) is 3.75. The fourth-order valence-electron chi connectivity index (χ4n) is 1.38. The first-order valence-corrected chi connectivity index (χ1v) is 4.45. The minimum absolute atomic E-state index is 0.0355. The second-order valence-electron chi connectivity index (χ2n) is 3.23. The van der Waals surface area contributed by atoms with Crippen LogP contribution in [0.2, 0.25) is 0 Å². The Kier molecular flexibility index (Phi) is 2.34. The first kappa shape index (κ1) is 10.5. The van der Waals surface area contributed by atoms with Crippen molar-refractivity contribution in [2.24, 2.45) is 0 Å². The van der Waals surface area contributed by atoms with Crippen LogP contribution in [0.5, 0.6) is 0 Å². The third-order valence-corrected chi connectivity index (χ3v) is 2.06. The monoisotopic (exact) mass is 227 g/mol. The number of nitrogens with two attached hydrogens (primary N) is 1. The molecular formula is C10H8F3N3. The van der Waals surface area contributed by atoms with E-state index in [2.05, 4.69) is 5.10 Å². The normalized spacial score (nSPS) is 11.7. The number of hydrogen-bond donors (Lipinski definition) is 1. The van der Waals surface area contributed by atoms with Gasteiger partial charge in [0.1, 0.15) is 0 Å². The van der Waals surface area contributed by atoms with Crippen molar-refractivity contribution >= 4 is 5.69 Å². The van der Waals surface area contributed by atoms with Gasteiger partial charge in [-0.15, -0.1) is 0 Å². The van der Waals surface area contributed by atoms with E-state index in [0.717, 1.165) is 10.7 Å². The van der Waals surface area contributed by atoms with E-state index in [0.29, 0.717) is 5.69 Å². The predicted molar refractivity (Wildman–Crippen MR) is 53.0 cm³/mol. The minimum Gasteiger partial charge on any atom is -0.396 e. The summed E-state index contributed by atoms with van der Waals surface area (Å²) in [6, 6.07) is 5.20. The van der Waals surface area contributed by atoms with Crippen molar-refractivity contribution in [3.8, 4) is 5.69 Å². The Balaban J connectivity index is 2.57. The van der Waals surface area contributed by atoms with Crippen LogP contribution >= 0.6 is 0 Å². The number of alkyl halides is 3. The highest BCUT2D eigenvalue weighted by Crippen LogP contribution is 2.33. The molecule has 1 aromatic heterocycles. The average molecular weight is 227 g/mol. The number of nitrogens with zero attached hydrogens (tertiary/aromatic N) is 2. The number of aromatic nitrogens is 2. The average Bonchev–Trinajstić information content (AvgIpc) is 2.64. The third-order valence-electron chi connectivity index (χ3n) is 2.06. The van der Waals surface area contributed by atoms with E-state index >= 15 is 0 Å². The van der Waals surface area contributed by atoms with Gasteiger partial charge >= 0.3 is 6.18 Å². The van der Waals surface area contributed by atoms with Crippen molar-refractivity contribution in [2.45, 2.75) is 6.18 Å². The molecule has 6 heteroatoms. The Morgan fingerprint density at radius 2 is 1.88 bits per heavy atom. The molecule has 2 rings (SSSR count). The van der Waals surface area contributed by atoms with Crippen molar-refractivity contribution in [3.05, 3.63) is 42.2 Å². The van der Waals surface area contributed by atoms with E-state index < -0.39 is 11.7 Å². The Bertz CT molecular complexity index is 502. The molecule has 16 heavy (non-hydrogen) atoms. The Labute approximate surface area is 89.3 Å². The van der Waals surface area contributed by atoms with Crippen LogP contribution in [0.15, 0.2) is 36.7 Å². The highest BCUT2D eigenvalue weighted by molar-refractivity contribution is 5.44. The van der Waals surface area contributed by atoms with Crippen LogP contribution in [0.1, 0.15) is 5.56 Å². The van der Waals surface area contributed by atoms with Crippen molar-refractivity contribution in [1.82, 2.24) is 9.78 Å². The quantitative estimate of drug-likeness (QED) is 0.813. The summed E-state index contributed by atoms with van der Waals surface area (Å²) in [6.45, 7) is 0. The fourth-order valence-corrected chi connectivity index (χ4v) is 1.38. The number of para-hydroxylation sites is 1. The van der Waals surface area contributed by atoms with Crippen LogP contribution in [-0.2, 0) is 6.18 Å². The molecule has 0 fully saturated rings. The van der Waals surface area contributed by atoms with Crippen LogP contribution in [0.4, 0.5) is 18.9 Å². The third kappa shape index (κ3) is 1.86. The lowest BCUT2D eigenvalue weighted by atomic mass is 10.2. The van der Waals surface area contributed by atoms with Gasteiger partial charge in [-0.2, -0.15) is 18.3 Å². The smallest absolute Gasteiger partial charge is 0.396 e. The summed E-state index contributed by atoms with van der Waals surface area (Å²) >= 11 is 0. The number of rotatable bonds is 1. The summed E-state index contributed by atoms with van der Waals surface area (Å²) in [6.07, 6.45) is -1.77. The van der Waals surface area contributed by atoms with Gasteiger partial charge < -0.3 is 5.73 Å². The van der Waals surface area contributed by atoms with E-state index in [1.54, 1.807) is 0 Å². The molecule has 0 bridgehead atoms. The van der Waals surface area contributed by atoms with Gasteiger partial charge in [-0.05, 0) is 12.1 Å². The number of halogens is 3. The molecule has 0 amide bonds. The molecule has 2 aromatic rings. The number of hydrogen-bond acceptors (Lipinski definition) is 2. The van der Waals surface area contributed by atoms with Crippen molar-refractivity contribution in [1.29, 1.82) is 0 Å². The molecular weight excluding hydrogens is 219 g/mol. The predicted octanol–water partition coefficient (Wildman–Crippen LogP) is 2.47. The van der Waals surface area contributed by atoms with E-state index in [-0.39, 0.29) is 5.69 Å². The molecule has 0 aliphatic rings. The second-order valence-corrected chi connectivity index (χ2v) is 3.23. The van der Waals surface area contributed by atoms with Crippen LogP contribution < -0.4 is 5.73 Å². The summed E-state index contributed by atoms with van der Waals surface area (Å²) in [5.74, 6) is 0. The lowest BCUT2D eigenvalue weighted by Gasteiger charge is -2.11. The van der Waals surface area contributed by atoms with Crippen molar-refractivity contribution in [3.63, 3.8) is 0 Å². The Morgan fingerprint density at radius 3 is 2.44 bits per heavy atom. The highest BCUT2D eigenvalue weighted by Gasteiger charge is 2.33. The molecule has 0 saturated carbocycles. The molecule has 3 nitrogen and oxygen atoms in total. The SMILES string of the molecule is Nc1cnn(-c2ccccc2C(F)(F)F)c1. The summed E-state index contributed by atoms with van der Waals surface area (Å²) < 4.78 is 39.1. The maximum absolute atomic E-state index is 12.7. The standard InChI is InChI=1S/C10H8F3N3/c11-10(12,13)8-3-1-2-4-9(8)16-6-7(14)5-15-16/h1-6H,14H2. The molecule has 0 atom stereocenters. The van der Waals surface area contributed by atoms with E-state index in [1.807, 2.05) is 0 Å². The maximum Gasteiger partial charge on any atom is 0.418 e. The molecule has 0 aliphatic heterocycles. The van der Waals surface area contributed by atoms with Crippen LogP contribution in [0, 0.1) is 0 Å². The second kappa shape index (κ2) is 3.55. The molecule has 0 unspecified atom stereocenters. The summed E-state index contributed by atoms with van der Waals surface area (Å²) in [7, 11) is 0. The van der Waals surface area contributed by atoms with Gasteiger partial charge in [0.15, 0.2) is 0 Å². The van der Waals surface area contributed by atoms with Crippen LogP contribution in [0.25, 0.3) is 5.69 Å². The van der Waals surface area contributed by atoms with Gasteiger partial charge in [-0.3, -0.25) is 0 Å². The zero-order valence-electron chi connectivity index (χ0n) is 8.07. The molecule has 1 heterocycles. The highest BCUT2D eigenvalue weighted by atomic mass is 19.4. The molecule has 0 spiro atoms. The minimum atomic E-state index is -4.41. The molecule has 1 aromatic carbocycles. The first-order valence-electron chi connectivity index (χ1n) is 4.45. The zero-order chi connectivity index (χ0) is 11.8. The number of benzene rings is 1. The number of anilines is 1. The molecule has 0 radical (unpaired) electrons. The van der Waals surface area contributed by atoms with Gasteiger partial charge in [0.2, 0.25) is 0 Å². The molecule has 84 valence electrons. The molecule has 0 aliphatic carbocycles. The van der Waals surface area contributed by atoms with Crippen LogP contribution in [0.3, 0.4) is 0 Å². The topological polar surface area (TPSA) is 43.8 Å². The molecule has 2 N–H and O–H groups in total. The van der Waals surface area contributed by atoms with Gasteiger partial charge in [0, 0.05) is 0 Å². The van der Waals surface area contributed by atoms with Gasteiger partial charge in [-0.25, -0.2) is 4.68 Å². The van der Waals surface area contributed by atoms with E-state index in [9.17, 15) is 13.2 Å². The fraction of sp³-hybridized carbons (Fsp3) is 0.100. The van der Waals surface area contributed by atoms with Crippen molar-refractivity contribution < 1.29 is 13.2 Å². The lowest BCUT2D eigenvalue weighted by Crippen LogP contribution is -2.10. The van der Waals surface area contributed by atoms with Crippen LogP contribution in [-0.4, -0.2) is 9.78 Å². The van der Waals surface area contributed by atoms with Gasteiger partial charge in [-0.1, -0.05) is 12.1 Å². The van der Waals surface area contributed by atoms with Crippen molar-refractivity contribution in [2.75, 3.05) is 5.73 Å². The molecule has 0 saturated heterocycles. The summed E-state index contributed by atoms with van der Waals surface area (Å²) in [5.41, 5.74) is 4.95. The van der Waals surface area contributed by atoms with Gasteiger partial charge in [0.25, 0.3) is 0 Å². The lowest BCUT2D eigenvalue weighted by molar-refractivity contribution is -0.137. The van der Waals surface area contributed by atoms with Gasteiger partial charge in [0.05, 0.1) is 29.3 Å². The summed E-state index contributed by atoms with van der Waals surface area (Å²) in [4.78, 5) is 0. The largest absolute Gasteiger partial charge is 0.418 e. The van der Waals surface area contributed by atoms with E-state index in [4.69, 9.17) is 5.73 Å². The zero-order valence-corrected chi connectivity index (χ0v) is 8.07.